The van der Waals surface area contributed by atoms with E-state index in [9.17, 15) is 14.3 Å². The number of aliphatic hydroxyl groups is 1. The maximum atomic E-state index is 13.4. The van der Waals surface area contributed by atoms with E-state index in [4.69, 9.17) is 0 Å². The molecule has 0 aliphatic heterocycles. The molecular weight excluding hydrogens is 273 g/mol. The fraction of sp³-hybridized carbons (Fsp3) is 0.200. The van der Waals surface area contributed by atoms with Crippen LogP contribution in [0.15, 0.2) is 35.4 Å². The molecule has 106 valence electrons. The third kappa shape index (κ3) is 1.80. The first kappa shape index (κ1) is 12.3. The van der Waals surface area contributed by atoms with Crippen molar-refractivity contribution in [2.45, 2.75) is 18.9 Å². The highest BCUT2D eigenvalue weighted by Gasteiger charge is 2.25. The fourth-order valence-electron chi connectivity index (χ4n) is 2.83. The molecule has 3 aromatic heterocycles. The van der Waals surface area contributed by atoms with Crippen molar-refractivity contribution in [3.8, 4) is 11.1 Å². The van der Waals surface area contributed by atoms with Crippen molar-refractivity contribution < 1.29 is 9.50 Å². The number of hydrogen-bond donors (Lipinski definition) is 2. The quantitative estimate of drug-likeness (QED) is 0.716. The van der Waals surface area contributed by atoms with Gasteiger partial charge in [0, 0.05) is 29.2 Å². The number of rotatable bonds is 1. The van der Waals surface area contributed by atoms with Crippen LogP contribution < -0.4 is 5.56 Å². The number of aryl methyl sites for hydroxylation is 1. The minimum atomic E-state index is -0.807. The molecule has 0 aromatic carbocycles. The van der Waals surface area contributed by atoms with Crippen LogP contribution >= 0.6 is 0 Å². The lowest BCUT2D eigenvalue weighted by atomic mass is 10.1. The molecule has 3 heterocycles. The minimum Gasteiger partial charge on any atom is -0.387 e. The van der Waals surface area contributed by atoms with Crippen LogP contribution in [0, 0.1) is 5.82 Å². The standard InChI is InChI=1S/C15H12FN3O2/c16-10-5-9(6-17-15(10)21)8-1-4-13-18-14-11(19(13)7-8)2-3-12(14)20/h1,4-7,12,20H,2-3H2,(H,17,21). The average Bonchev–Trinajstić information content (AvgIpc) is 3.02. The number of pyridine rings is 2. The van der Waals surface area contributed by atoms with Gasteiger partial charge in [0.2, 0.25) is 0 Å². The molecule has 0 bridgehead atoms. The van der Waals surface area contributed by atoms with Gasteiger partial charge in [-0.3, -0.25) is 4.79 Å². The lowest BCUT2D eigenvalue weighted by Crippen LogP contribution is -2.09. The fourth-order valence-corrected chi connectivity index (χ4v) is 2.83. The van der Waals surface area contributed by atoms with Gasteiger partial charge in [0.05, 0.1) is 11.8 Å². The van der Waals surface area contributed by atoms with Crippen molar-refractivity contribution in [3.05, 3.63) is 58.2 Å². The predicted octanol–water partition coefficient (Wildman–Crippen LogP) is 1.81. The van der Waals surface area contributed by atoms with Crippen LogP contribution in [-0.2, 0) is 6.42 Å². The zero-order valence-electron chi connectivity index (χ0n) is 11.0. The van der Waals surface area contributed by atoms with Crippen LogP contribution in [0.25, 0.3) is 16.8 Å². The Balaban J connectivity index is 1.90. The zero-order chi connectivity index (χ0) is 14.6. The van der Waals surface area contributed by atoms with Gasteiger partial charge in [0.25, 0.3) is 5.56 Å². The van der Waals surface area contributed by atoms with E-state index in [1.54, 1.807) is 0 Å². The number of imidazole rings is 1. The van der Waals surface area contributed by atoms with Crippen LogP contribution in [0.5, 0.6) is 0 Å². The molecular formula is C15H12FN3O2. The van der Waals surface area contributed by atoms with Crippen LogP contribution in [-0.4, -0.2) is 19.5 Å². The number of halogens is 1. The first-order chi connectivity index (χ1) is 10.1. The molecule has 5 nitrogen and oxygen atoms in total. The Morgan fingerprint density at radius 3 is 3.05 bits per heavy atom. The topological polar surface area (TPSA) is 70.4 Å². The molecule has 0 saturated heterocycles. The molecule has 0 radical (unpaired) electrons. The second kappa shape index (κ2) is 4.26. The van der Waals surface area contributed by atoms with E-state index in [0.29, 0.717) is 12.0 Å². The molecule has 1 atom stereocenters. The van der Waals surface area contributed by atoms with Crippen molar-refractivity contribution in [1.82, 2.24) is 14.4 Å². The average molecular weight is 285 g/mol. The summed E-state index contributed by atoms with van der Waals surface area (Å²) < 4.78 is 15.3. The molecule has 21 heavy (non-hydrogen) atoms. The molecule has 0 amide bonds. The number of fused-ring (bicyclic) bond motifs is 3. The molecule has 4 rings (SSSR count). The molecule has 0 spiro atoms. The number of nitrogens with zero attached hydrogens (tertiary/aromatic N) is 2. The molecule has 2 N–H and O–H groups in total. The lowest BCUT2D eigenvalue weighted by Gasteiger charge is -2.04. The van der Waals surface area contributed by atoms with Gasteiger partial charge in [-0.1, -0.05) is 0 Å². The third-order valence-electron chi connectivity index (χ3n) is 3.91. The highest BCUT2D eigenvalue weighted by Crippen LogP contribution is 2.32. The van der Waals surface area contributed by atoms with Crippen molar-refractivity contribution in [2.75, 3.05) is 0 Å². The van der Waals surface area contributed by atoms with E-state index in [1.165, 1.54) is 12.3 Å². The van der Waals surface area contributed by atoms with Gasteiger partial charge in [-0.15, -0.1) is 0 Å². The van der Waals surface area contributed by atoms with Crippen LogP contribution in [0.3, 0.4) is 0 Å². The first-order valence-corrected chi connectivity index (χ1v) is 6.71. The Morgan fingerprint density at radius 2 is 2.24 bits per heavy atom. The number of aromatic nitrogens is 3. The Hall–Kier alpha value is -2.47. The Morgan fingerprint density at radius 1 is 1.38 bits per heavy atom. The lowest BCUT2D eigenvalue weighted by molar-refractivity contribution is 0.176. The summed E-state index contributed by atoms with van der Waals surface area (Å²) >= 11 is 0. The van der Waals surface area contributed by atoms with Gasteiger partial charge in [0.1, 0.15) is 5.65 Å². The molecule has 1 unspecified atom stereocenters. The van der Waals surface area contributed by atoms with Gasteiger partial charge in [-0.25, -0.2) is 9.37 Å². The smallest absolute Gasteiger partial charge is 0.283 e. The number of aromatic amines is 1. The van der Waals surface area contributed by atoms with Crippen molar-refractivity contribution in [2.24, 2.45) is 0 Å². The molecule has 0 saturated carbocycles. The van der Waals surface area contributed by atoms with Gasteiger partial charge in [-0.05, 0) is 31.0 Å². The number of hydrogen-bond acceptors (Lipinski definition) is 3. The van der Waals surface area contributed by atoms with Crippen LogP contribution in [0.2, 0.25) is 0 Å². The summed E-state index contributed by atoms with van der Waals surface area (Å²) in [5, 5.41) is 9.87. The molecule has 1 aliphatic rings. The molecule has 6 heteroatoms. The van der Waals surface area contributed by atoms with E-state index in [1.807, 2.05) is 22.7 Å². The predicted molar refractivity (Wildman–Crippen MR) is 74.5 cm³/mol. The third-order valence-corrected chi connectivity index (χ3v) is 3.91. The Kier molecular flexibility index (Phi) is 2.49. The van der Waals surface area contributed by atoms with Gasteiger partial charge >= 0.3 is 0 Å². The summed E-state index contributed by atoms with van der Waals surface area (Å²) in [7, 11) is 0. The second-order valence-electron chi connectivity index (χ2n) is 5.21. The zero-order valence-corrected chi connectivity index (χ0v) is 11.0. The van der Waals surface area contributed by atoms with Crippen molar-refractivity contribution in [3.63, 3.8) is 0 Å². The second-order valence-corrected chi connectivity index (χ2v) is 5.21. The van der Waals surface area contributed by atoms with Crippen molar-refractivity contribution >= 4 is 5.65 Å². The van der Waals surface area contributed by atoms with E-state index in [-0.39, 0.29) is 0 Å². The van der Waals surface area contributed by atoms with Gasteiger partial charge in [0.15, 0.2) is 5.82 Å². The van der Waals surface area contributed by atoms with E-state index in [2.05, 4.69) is 9.97 Å². The van der Waals surface area contributed by atoms with Crippen LogP contribution in [0.4, 0.5) is 4.39 Å². The molecule has 0 fully saturated rings. The van der Waals surface area contributed by atoms with E-state index < -0.39 is 17.5 Å². The van der Waals surface area contributed by atoms with Gasteiger partial charge in [-0.2, -0.15) is 0 Å². The number of H-pyrrole nitrogens is 1. The number of nitrogens with one attached hydrogen (secondary N) is 1. The van der Waals surface area contributed by atoms with Crippen LogP contribution in [0.1, 0.15) is 23.9 Å². The summed E-state index contributed by atoms with van der Waals surface area (Å²) in [6.07, 6.45) is 4.28. The monoisotopic (exact) mass is 285 g/mol. The number of aliphatic hydroxyl groups excluding tert-OH is 1. The summed E-state index contributed by atoms with van der Waals surface area (Å²) in [6, 6.07) is 4.85. The summed E-state index contributed by atoms with van der Waals surface area (Å²) in [5.74, 6) is -0.807. The van der Waals surface area contributed by atoms with E-state index >= 15 is 0 Å². The molecule has 1 aliphatic carbocycles. The summed E-state index contributed by atoms with van der Waals surface area (Å²) in [4.78, 5) is 17.9. The summed E-state index contributed by atoms with van der Waals surface area (Å²) in [5.41, 5.74) is 3.11. The normalized spacial score (nSPS) is 17.3. The van der Waals surface area contributed by atoms with Gasteiger partial charge < -0.3 is 14.5 Å². The Bertz CT molecular complexity index is 913. The first-order valence-electron chi connectivity index (χ1n) is 6.71. The van der Waals surface area contributed by atoms with E-state index in [0.717, 1.165) is 29.0 Å². The minimum absolute atomic E-state index is 0.506. The Labute approximate surface area is 118 Å². The largest absolute Gasteiger partial charge is 0.387 e. The maximum Gasteiger partial charge on any atom is 0.283 e. The molecule has 3 aromatic rings. The van der Waals surface area contributed by atoms with Crippen molar-refractivity contribution in [1.29, 1.82) is 0 Å². The maximum absolute atomic E-state index is 13.4. The highest BCUT2D eigenvalue weighted by molar-refractivity contribution is 5.64. The SMILES string of the molecule is O=c1[nH]cc(-c2ccc3nc4c(n3c2)CCC4O)cc1F. The summed E-state index contributed by atoms with van der Waals surface area (Å²) in [6.45, 7) is 0. The highest BCUT2D eigenvalue weighted by atomic mass is 19.1.